The minimum Gasteiger partial charge on any atom is -0.291 e. The van der Waals surface area contributed by atoms with Crippen LogP contribution in [0.3, 0.4) is 0 Å². The monoisotopic (exact) mass is 222 g/mol. The van der Waals surface area contributed by atoms with Gasteiger partial charge in [-0.2, -0.15) is 10.1 Å². The topological polar surface area (TPSA) is 70.7 Å². The molecule has 0 aliphatic carbocycles. The Balaban J connectivity index is 2.15. The van der Waals surface area contributed by atoms with E-state index >= 15 is 0 Å². The van der Waals surface area contributed by atoms with Crippen LogP contribution in [0, 0.1) is 0 Å². The van der Waals surface area contributed by atoms with Crippen molar-refractivity contribution in [3.63, 3.8) is 0 Å². The predicted octanol–water partition coefficient (Wildman–Crippen LogP) is 1.71. The van der Waals surface area contributed by atoms with Gasteiger partial charge >= 0.3 is 0 Å². The number of hydrogen-bond acceptors (Lipinski definition) is 3. The van der Waals surface area contributed by atoms with Crippen molar-refractivity contribution < 1.29 is 4.79 Å². The second-order valence-corrected chi connectivity index (χ2v) is 3.23. The SMILES string of the molecule is O=C(Nc1ncn[nH]1)c1cccc(Cl)c1. The maximum Gasteiger partial charge on any atom is 0.258 e. The van der Waals surface area contributed by atoms with Crippen molar-refractivity contribution in [3.8, 4) is 0 Å². The lowest BCUT2D eigenvalue weighted by atomic mass is 10.2. The molecule has 0 bridgehead atoms. The number of nitrogens with one attached hydrogen (secondary N) is 2. The lowest BCUT2D eigenvalue weighted by Gasteiger charge is -2.01. The highest BCUT2D eigenvalue weighted by molar-refractivity contribution is 6.31. The third-order valence-corrected chi connectivity index (χ3v) is 1.97. The van der Waals surface area contributed by atoms with Crippen LogP contribution < -0.4 is 5.32 Å². The van der Waals surface area contributed by atoms with Gasteiger partial charge in [0.05, 0.1) is 0 Å². The summed E-state index contributed by atoms with van der Waals surface area (Å²) in [6.07, 6.45) is 1.31. The fraction of sp³-hybridized carbons (Fsp3) is 0. The molecule has 1 aromatic heterocycles. The molecule has 5 nitrogen and oxygen atoms in total. The van der Waals surface area contributed by atoms with E-state index < -0.39 is 0 Å². The zero-order valence-electron chi connectivity index (χ0n) is 7.57. The second-order valence-electron chi connectivity index (χ2n) is 2.80. The normalized spacial score (nSPS) is 9.93. The lowest BCUT2D eigenvalue weighted by molar-refractivity contribution is 0.102. The number of rotatable bonds is 2. The van der Waals surface area contributed by atoms with Crippen molar-refractivity contribution in [3.05, 3.63) is 41.2 Å². The van der Waals surface area contributed by atoms with Crippen molar-refractivity contribution in [1.29, 1.82) is 0 Å². The van der Waals surface area contributed by atoms with Crippen LogP contribution in [0.1, 0.15) is 10.4 Å². The highest BCUT2D eigenvalue weighted by Crippen LogP contribution is 2.11. The van der Waals surface area contributed by atoms with E-state index in [-0.39, 0.29) is 5.91 Å². The summed E-state index contributed by atoms with van der Waals surface area (Å²) in [6, 6.07) is 6.65. The van der Waals surface area contributed by atoms with Gasteiger partial charge in [0.25, 0.3) is 5.91 Å². The number of hydrogen-bond donors (Lipinski definition) is 2. The molecule has 0 aliphatic heterocycles. The zero-order chi connectivity index (χ0) is 10.7. The maximum atomic E-state index is 11.6. The average Bonchev–Trinajstić information content (AvgIpc) is 2.70. The number of halogens is 1. The number of anilines is 1. The molecule has 1 heterocycles. The molecule has 0 atom stereocenters. The molecule has 2 rings (SSSR count). The van der Waals surface area contributed by atoms with Crippen molar-refractivity contribution in [1.82, 2.24) is 15.2 Å². The quantitative estimate of drug-likeness (QED) is 0.813. The molecule has 76 valence electrons. The fourth-order valence-corrected chi connectivity index (χ4v) is 1.27. The molecule has 6 heteroatoms. The number of benzene rings is 1. The number of carbonyl (C=O) groups is 1. The van der Waals surface area contributed by atoms with Gasteiger partial charge in [0.2, 0.25) is 5.95 Å². The number of aromatic nitrogens is 3. The molecule has 0 radical (unpaired) electrons. The standard InChI is InChI=1S/C9H7ClN4O/c10-7-3-1-2-6(4-7)8(15)13-9-11-5-12-14-9/h1-5H,(H2,11,12,13,14,15). The maximum absolute atomic E-state index is 11.6. The fourth-order valence-electron chi connectivity index (χ4n) is 1.08. The van der Waals surface area contributed by atoms with E-state index in [0.717, 1.165) is 0 Å². The molecular weight excluding hydrogens is 216 g/mol. The minimum atomic E-state index is -0.283. The van der Waals surface area contributed by atoms with Crippen molar-refractivity contribution in [2.24, 2.45) is 0 Å². The Morgan fingerprint density at radius 2 is 2.33 bits per heavy atom. The summed E-state index contributed by atoms with van der Waals surface area (Å²) >= 11 is 5.76. The van der Waals surface area contributed by atoms with E-state index in [1.807, 2.05) is 0 Å². The first-order chi connectivity index (χ1) is 7.25. The number of nitrogens with zero attached hydrogens (tertiary/aromatic N) is 2. The Bertz CT molecular complexity index is 469. The Morgan fingerprint density at radius 1 is 1.47 bits per heavy atom. The zero-order valence-corrected chi connectivity index (χ0v) is 8.32. The first kappa shape index (κ1) is 9.67. The number of H-pyrrole nitrogens is 1. The summed E-state index contributed by atoms with van der Waals surface area (Å²) in [5, 5.41) is 9.19. The van der Waals surface area contributed by atoms with Crippen molar-refractivity contribution in [2.45, 2.75) is 0 Å². The molecule has 0 spiro atoms. The summed E-state index contributed by atoms with van der Waals surface area (Å²) < 4.78 is 0. The van der Waals surface area contributed by atoms with Crippen LogP contribution in [0.4, 0.5) is 5.95 Å². The number of carbonyl (C=O) groups excluding carboxylic acids is 1. The molecular formula is C9H7ClN4O. The first-order valence-corrected chi connectivity index (χ1v) is 4.56. The molecule has 2 aromatic rings. The van der Waals surface area contributed by atoms with Gasteiger partial charge in [-0.1, -0.05) is 17.7 Å². The summed E-state index contributed by atoms with van der Waals surface area (Å²) in [6.45, 7) is 0. The van der Waals surface area contributed by atoms with Gasteiger partial charge in [-0.3, -0.25) is 10.1 Å². The molecule has 0 aliphatic rings. The molecule has 0 saturated heterocycles. The van der Waals surface area contributed by atoms with Crippen LogP contribution in [-0.4, -0.2) is 21.1 Å². The van der Waals surface area contributed by atoms with Gasteiger partial charge in [-0.25, -0.2) is 5.10 Å². The molecule has 1 amide bonds. The van der Waals surface area contributed by atoms with Gasteiger partial charge in [0, 0.05) is 10.6 Å². The number of amides is 1. The third-order valence-electron chi connectivity index (χ3n) is 1.73. The van der Waals surface area contributed by atoms with Gasteiger partial charge in [0.1, 0.15) is 6.33 Å². The Hall–Kier alpha value is -1.88. The summed E-state index contributed by atoms with van der Waals surface area (Å²) in [5.41, 5.74) is 0.471. The van der Waals surface area contributed by atoms with E-state index in [1.54, 1.807) is 24.3 Å². The average molecular weight is 223 g/mol. The van der Waals surface area contributed by atoms with Crippen molar-refractivity contribution in [2.75, 3.05) is 5.32 Å². The summed E-state index contributed by atoms with van der Waals surface area (Å²) in [4.78, 5) is 15.4. The lowest BCUT2D eigenvalue weighted by Crippen LogP contribution is -2.12. The molecule has 15 heavy (non-hydrogen) atoms. The highest BCUT2D eigenvalue weighted by Gasteiger charge is 2.07. The van der Waals surface area contributed by atoms with Crippen LogP contribution in [0.25, 0.3) is 0 Å². The van der Waals surface area contributed by atoms with E-state index in [9.17, 15) is 4.79 Å². The molecule has 1 aromatic carbocycles. The van der Waals surface area contributed by atoms with Crippen LogP contribution in [0.15, 0.2) is 30.6 Å². The van der Waals surface area contributed by atoms with Gasteiger partial charge in [-0.05, 0) is 18.2 Å². The predicted molar refractivity (Wildman–Crippen MR) is 55.8 cm³/mol. The Kier molecular flexibility index (Phi) is 2.64. The smallest absolute Gasteiger partial charge is 0.258 e. The van der Waals surface area contributed by atoms with Crippen LogP contribution in [0.2, 0.25) is 5.02 Å². The summed E-state index contributed by atoms with van der Waals surface area (Å²) in [7, 11) is 0. The van der Waals surface area contributed by atoms with Gasteiger partial charge in [0.15, 0.2) is 0 Å². The second kappa shape index (κ2) is 4.10. The van der Waals surface area contributed by atoms with Gasteiger partial charge < -0.3 is 0 Å². The summed E-state index contributed by atoms with van der Waals surface area (Å²) in [5.74, 6) is 0.0224. The van der Waals surface area contributed by atoms with E-state index in [2.05, 4.69) is 20.5 Å². The van der Waals surface area contributed by atoms with Crippen LogP contribution in [-0.2, 0) is 0 Å². The van der Waals surface area contributed by atoms with Gasteiger partial charge in [-0.15, -0.1) is 0 Å². The first-order valence-electron chi connectivity index (χ1n) is 4.18. The Labute approximate surface area is 90.5 Å². The largest absolute Gasteiger partial charge is 0.291 e. The van der Waals surface area contributed by atoms with E-state index in [0.29, 0.717) is 16.5 Å². The minimum absolute atomic E-state index is 0.283. The molecule has 0 fully saturated rings. The molecule has 2 N–H and O–H groups in total. The third kappa shape index (κ3) is 2.32. The molecule has 0 saturated carbocycles. The van der Waals surface area contributed by atoms with E-state index in [1.165, 1.54) is 6.33 Å². The van der Waals surface area contributed by atoms with E-state index in [4.69, 9.17) is 11.6 Å². The number of aromatic amines is 1. The van der Waals surface area contributed by atoms with Crippen molar-refractivity contribution >= 4 is 23.5 Å². The Morgan fingerprint density at radius 3 is 3.00 bits per heavy atom. The molecule has 0 unspecified atom stereocenters. The highest BCUT2D eigenvalue weighted by atomic mass is 35.5. The van der Waals surface area contributed by atoms with Crippen LogP contribution >= 0.6 is 11.6 Å². The van der Waals surface area contributed by atoms with Crippen LogP contribution in [0.5, 0.6) is 0 Å².